The van der Waals surface area contributed by atoms with Gasteiger partial charge in [-0.3, -0.25) is 0 Å². The first-order valence-corrected chi connectivity index (χ1v) is 6.33. The fourth-order valence-corrected chi connectivity index (χ4v) is 2.54. The molecule has 1 aromatic carbocycles. The first-order chi connectivity index (χ1) is 8.31. The quantitative estimate of drug-likeness (QED) is 0.826. The minimum absolute atomic E-state index is 0.163. The molecule has 3 nitrogen and oxygen atoms in total. The van der Waals surface area contributed by atoms with Crippen molar-refractivity contribution >= 4 is 0 Å². The van der Waals surface area contributed by atoms with Gasteiger partial charge in [0, 0.05) is 12.5 Å². The highest BCUT2D eigenvalue weighted by molar-refractivity contribution is 5.37. The number of benzene rings is 1. The average molecular weight is 236 g/mol. The van der Waals surface area contributed by atoms with Gasteiger partial charge in [0.1, 0.15) is 0 Å². The number of phenols is 1. The molecule has 0 radical (unpaired) electrons. The van der Waals surface area contributed by atoms with Crippen LogP contribution in [0.15, 0.2) is 24.3 Å². The van der Waals surface area contributed by atoms with Crippen LogP contribution >= 0.6 is 0 Å². The Hall–Kier alpha value is -1.22. The van der Waals surface area contributed by atoms with Crippen molar-refractivity contribution < 1.29 is 14.9 Å². The van der Waals surface area contributed by atoms with E-state index in [1.165, 1.54) is 25.7 Å². The maximum atomic E-state index is 9.57. The Bertz CT molecular complexity index is 345. The molecule has 1 atom stereocenters. The summed E-state index contributed by atoms with van der Waals surface area (Å²) in [6.45, 7) is 0.650. The van der Waals surface area contributed by atoms with Gasteiger partial charge < -0.3 is 14.9 Å². The van der Waals surface area contributed by atoms with Crippen LogP contribution < -0.4 is 4.74 Å². The van der Waals surface area contributed by atoms with Crippen molar-refractivity contribution in [3.05, 3.63) is 24.3 Å². The molecule has 0 heterocycles. The number of ether oxygens (including phenoxy) is 1. The Balaban J connectivity index is 1.89. The Morgan fingerprint density at radius 3 is 2.59 bits per heavy atom. The number of aromatic hydroxyl groups is 1. The third kappa shape index (κ3) is 3.13. The summed E-state index contributed by atoms with van der Waals surface area (Å²) in [6.07, 6.45) is 4.90. The smallest absolute Gasteiger partial charge is 0.160 e. The lowest BCUT2D eigenvalue weighted by molar-refractivity contribution is 0.117. The molecule has 1 fully saturated rings. The highest BCUT2D eigenvalue weighted by Gasteiger charge is 2.25. The summed E-state index contributed by atoms with van der Waals surface area (Å²) >= 11 is 0. The molecule has 1 aliphatic carbocycles. The van der Waals surface area contributed by atoms with Gasteiger partial charge >= 0.3 is 0 Å². The van der Waals surface area contributed by atoms with Crippen LogP contribution in [0.5, 0.6) is 11.5 Å². The van der Waals surface area contributed by atoms with E-state index in [0.29, 0.717) is 18.3 Å². The zero-order valence-electron chi connectivity index (χ0n) is 10.0. The van der Waals surface area contributed by atoms with E-state index in [0.717, 1.165) is 0 Å². The van der Waals surface area contributed by atoms with Crippen LogP contribution in [0.4, 0.5) is 0 Å². The van der Waals surface area contributed by atoms with Gasteiger partial charge in [-0.1, -0.05) is 25.0 Å². The van der Waals surface area contributed by atoms with Crippen LogP contribution in [0.25, 0.3) is 0 Å². The van der Waals surface area contributed by atoms with Crippen molar-refractivity contribution in [3.8, 4) is 11.5 Å². The van der Waals surface area contributed by atoms with E-state index in [4.69, 9.17) is 4.74 Å². The number of hydrogen-bond donors (Lipinski definition) is 2. The summed E-state index contributed by atoms with van der Waals surface area (Å²) in [4.78, 5) is 0. The Labute approximate surface area is 102 Å². The topological polar surface area (TPSA) is 49.7 Å². The zero-order chi connectivity index (χ0) is 12.1. The molecule has 0 aromatic heterocycles. The lowest BCUT2D eigenvalue weighted by Gasteiger charge is -2.21. The largest absolute Gasteiger partial charge is 0.504 e. The van der Waals surface area contributed by atoms with Crippen molar-refractivity contribution in [1.82, 2.24) is 0 Å². The van der Waals surface area contributed by atoms with Crippen molar-refractivity contribution in [1.29, 1.82) is 0 Å². The summed E-state index contributed by atoms with van der Waals surface area (Å²) in [5.41, 5.74) is 0. The third-order valence-electron chi connectivity index (χ3n) is 3.62. The number of phenolic OH excluding ortho intramolecular Hbond substituents is 1. The lowest BCUT2D eigenvalue weighted by atomic mass is 9.92. The van der Waals surface area contributed by atoms with Gasteiger partial charge in [0.2, 0.25) is 0 Å². The van der Waals surface area contributed by atoms with Crippen molar-refractivity contribution in [3.63, 3.8) is 0 Å². The van der Waals surface area contributed by atoms with Crippen LogP contribution in [0.2, 0.25) is 0 Å². The molecule has 94 valence electrons. The molecule has 1 saturated carbocycles. The molecule has 3 heteroatoms. The molecular weight excluding hydrogens is 216 g/mol. The van der Waals surface area contributed by atoms with Gasteiger partial charge in [-0.05, 0) is 30.9 Å². The molecule has 2 rings (SSSR count). The second kappa shape index (κ2) is 5.92. The van der Waals surface area contributed by atoms with Gasteiger partial charge in [0.25, 0.3) is 0 Å². The number of aliphatic hydroxyl groups is 1. The maximum Gasteiger partial charge on any atom is 0.160 e. The Kier molecular flexibility index (Phi) is 4.26. The summed E-state index contributed by atoms with van der Waals surface area (Å²) in [5.74, 6) is 1.43. The Morgan fingerprint density at radius 2 is 1.94 bits per heavy atom. The van der Waals surface area contributed by atoms with Gasteiger partial charge in [0.05, 0.1) is 6.61 Å². The number of para-hydroxylation sites is 2. The highest BCUT2D eigenvalue weighted by Crippen LogP contribution is 2.32. The average Bonchev–Trinajstić information content (AvgIpc) is 2.86. The molecule has 0 aliphatic heterocycles. The third-order valence-corrected chi connectivity index (χ3v) is 3.62. The van der Waals surface area contributed by atoms with E-state index >= 15 is 0 Å². The standard InChI is InChI=1S/C14H20O3/c15-9-12(11-5-1-2-6-11)10-17-14-8-4-3-7-13(14)16/h3-4,7-8,11-12,15-16H,1-2,5-6,9-10H2. The molecule has 0 saturated heterocycles. The van der Waals surface area contributed by atoms with Gasteiger partial charge in [0.15, 0.2) is 11.5 Å². The van der Waals surface area contributed by atoms with Gasteiger partial charge in [-0.2, -0.15) is 0 Å². The number of hydrogen-bond acceptors (Lipinski definition) is 3. The van der Waals surface area contributed by atoms with Crippen molar-refractivity contribution in [2.75, 3.05) is 13.2 Å². The zero-order valence-corrected chi connectivity index (χ0v) is 10.0. The predicted octanol–water partition coefficient (Wildman–Crippen LogP) is 2.57. The SMILES string of the molecule is OCC(COc1ccccc1O)C1CCCC1. The van der Waals surface area contributed by atoms with Crippen LogP contribution in [0.1, 0.15) is 25.7 Å². The predicted molar refractivity (Wildman–Crippen MR) is 66.1 cm³/mol. The van der Waals surface area contributed by atoms with Crippen LogP contribution in [0, 0.1) is 11.8 Å². The molecule has 0 amide bonds. The fourth-order valence-electron chi connectivity index (χ4n) is 2.54. The second-order valence-electron chi connectivity index (χ2n) is 4.77. The van der Waals surface area contributed by atoms with Crippen molar-refractivity contribution in [2.45, 2.75) is 25.7 Å². The monoisotopic (exact) mass is 236 g/mol. The van der Waals surface area contributed by atoms with Crippen LogP contribution in [-0.2, 0) is 0 Å². The molecule has 1 aromatic rings. The van der Waals surface area contributed by atoms with Crippen molar-refractivity contribution in [2.24, 2.45) is 11.8 Å². The first-order valence-electron chi connectivity index (χ1n) is 6.33. The van der Waals surface area contributed by atoms with Gasteiger partial charge in [-0.15, -0.1) is 0 Å². The van der Waals surface area contributed by atoms with E-state index < -0.39 is 0 Å². The number of rotatable bonds is 5. The van der Waals surface area contributed by atoms with E-state index in [-0.39, 0.29) is 18.3 Å². The molecule has 17 heavy (non-hydrogen) atoms. The summed E-state index contributed by atoms with van der Waals surface area (Å²) in [5, 5.41) is 19.0. The molecule has 0 bridgehead atoms. The second-order valence-corrected chi connectivity index (χ2v) is 4.77. The summed E-state index contributed by atoms with van der Waals surface area (Å²) < 4.78 is 5.59. The highest BCUT2D eigenvalue weighted by atomic mass is 16.5. The minimum atomic E-state index is 0.163. The summed E-state index contributed by atoms with van der Waals surface area (Å²) in [6, 6.07) is 6.96. The van der Waals surface area contributed by atoms with E-state index in [1.807, 2.05) is 6.07 Å². The Morgan fingerprint density at radius 1 is 1.24 bits per heavy atom. The van der Waals surface area contributed by atoms with E-state index in [1.54, 1.807) is 18.2 Å². The van der Waals surface area contributed by atoms with E-state index in [2.05, 4.69) is 0 Å². The fraction of sp³-hybridized carbons (Fsp3) is 0.571. The van der Waals surface area contributed by atoms with Gasteiger partial charge in [-0.25, -0.2) is 0 Å². The number of aliphatic hydroxyl groups excluding tert-OH is 1. The summed E-state index contributed by atoms with van der Waals surface area (Å²) in [7, 11) is 0. The van der Waals surface area contributed by atoms with Crippen LogP contribution in [-0.4, -0.2) is 23.4 Å². The molecule has 0 spiro atoms. The van der Waals surface area contributed by atoms with E-state index in [9.17, 15) is 10.2 Å². The minimum Gasteiger partial charge on any atom is -0.504 e. The maximum absolute atomic E-state index is 9.57. The normalized spacial score (nSPS) is 18.2. The molecular formula is C14H20O3. The molecule has 1 unspecified atom stereocenters. The first kappa shape index (κ1) is 12.2. The molecule has 1 aliphatic rings. The lowest BCUT2D eigenvalue weighted by Crippen LogP contribution is -2.23. The molecule has 2 N–H and O–H groups in total. The van der Waals surface area contributed by atoms with Crippen LogP contribution in [0.3, 0.4) is 0 Å².